The van der Waals surface area contributed by atoms with E-state index in [0.717, 1.165) is 0 Å². The smallest absolute Gasteiger partial charge is 0.352 e. The molecule has 0 unspecified atom stereocenters. The van der Waals surface area contributed by atoms with Crippen molar-refractivity contribution >= 4 is 17.6 Å². The van der Waals surface area contributed by atoms with Crippen molar-refractivity contribution < 1.29 is 24.9 Å². The highest BCUT2D eigenvalue weighted by molar-refractivity contribution is 6.02. The van der Waals surface area contributed by atoms with Crippen LogP contribution in [0.1, 0.15) is 23.6 Å². The molecule has 0 atom stereocenters. The minimum Gasteiger partial charge on any atom is -0.478 e. The number of benzene rings is 1. The third kappa shape index (κ3) is 2.02. The average molecular weight is 253 g/mol. The molecule has 0 amide bonds. The van der Waals surface area contributed by atoms with Gasteiger partial charge in [-0.25, -0.2) is 9.59 Å². The first-order chi connectivity index (χ1) is 8.25. The molecule has 0 fully saturated rings. The van der Waals surface area contributed by atoms with Gasteiger partial charge in [0.2, 0.25) is 0 Å². The molecule has 1 rings (SSSR count). The van der Waals surface area contributed by atoms with Gasteiger partial charge in [0.05, 0.1) is 0 Å². The Hall–Kier alpha value is -2.08. The minimum atomic E-state index is -2.96. The molecule has 0 aromatic heterocycles. The topological polar surface area (TPSA) is 121 Å². The summed E-state index contributed by atoms with van der Waals surface area (Å²) in [7, 11) is 0. The normalized spacial score (nSPS) is 11.3. The maximum atomic E-state index is 11.0. The molecule has 98 valence electrons. The van der Waals surface area contributed by atoms with Gasteiger partial charge in [-0.3, -0.25) is 0 Å². The van der Waals surface area contributed by atoms with Crippen LogP contribution in [0.3, 0.4) is 0 Å². The van der Waals surface area contributed by atoms with E-state index >= 15 is 0 Å². The summed E-state index contributed by atoms with van der Waals surface area (Å²) in [4.78, 5) is 22.0. The average Bonchev–Trinajstić information content (AvgIpc) is 2.30. The van der Waals surface area contributed by atoms with Crippen molar-refractivity contribution in [3.8, 4) is 0 Å². The Morgan fingerprint density at radius 3 is 2.17 bits per heavy atom. The molecular formula is C12H15NO5. The number of hydrogen-bond acceptors (Lipinski definition) is 4. The van der Waals surface area contributed by atoms with Crippen LogP contribution in [-0.2, 0) is 21.6 Å². The Labute approximate surface area is 104 Å². The Kier molecular flexibility index (Phi) is 3.62. The first kappa shape index (κ1) is 14.0. The lowest BCUT2D eigenvalue weighted by Crippen LogP contribution is -2.43. The van der Waals surface area contributed by atoms with Gasteiger partial charge < -0.3 is 21.1 Å². The maximum absolute atomic E-state index is 11.0. The van der Waals surface area contributed by atoms with Crippen LogP contribution in [0.25, 0.3) is 0 Å². The van der Waals surface area contributed by atoms with Crippen LogP contribution in [0.15, 0.2) is 12.1 Å². The third-order valence-electron chi connectivity index (χ3n) is 2.89. The van der Waals surface area contributed by atoms with E-state index in [2.05, 4.69) is 0 Å². The van der Waals surface area contributed by atoms with Crippen molar-refractivity contribution in [2.45, 2.75) is 25.9 Å². The molecule has 0 heterocycles. The molecule has 18 heavy (non-hydrogen) atoms. The largest absolute Gasteiger partial charge is 0.478 e. The van der Waals surface area contributed by atoms with E-state index in [1.807, 2.05) is 0 Å². The summed E-state index contributed by atoms with van der Waals surface area (Å²) >= 11 is 0. The fourth-order valence-electron chi connectivity index (χ4n) is 1.71. The fraction of sp³-hybridized carbons (Fsp3) is 0.333. The van der Waals surface area contributed by atoms with Crippen LogP contribution in [-0.4, -0.2) is 27.3 Å². The molecule has 0 aliphatic carbocycles. The summed E-state index contributed by atoms with van der Waals surface area (Å²) < 4.78 is 0. The number of hydrogen-bond donors (Lipinski definition) is 4. The lowest BCUT2D eigenvalue weighted by atomic mass is 9.89. The van der Waals surface area contributed by atoms with Gasteiger partial charge in [0.1, 0.15) is 0 Å². The third-order valence-corrected chi connectivity index (χ3v) is 2.89. The molecule has 0 radical (unpaired) electrons. The standard InChI is InChI=1S/C12H15NO5/c1-3-7-5-8(4-6(2)9(7)13)12(18,10(14)15)11(16)17/h4-5,18H,3,13H2,1-2H3,(H,14,15)(H,16,17). The summed E-state index contributed by atoms with van der Waals surface area (Å²) in [6.45, 7) is 3.43. The number of carbonyl (C=O) groups is 2. The number of nitrogens with two attached hydrogens (primary N) is 1. The van der Waals surface area contributed by atoms with Crippen molar-refractivity contribution in [1.29, 1.82) is 0 Å². The second-order valence-electron chi connectivity index (χ2n) is 4.04. The monoisotopic (exact) mass is 253 g/mol. The zero-order valence-electron chi connectivity index (χ0n) is 10.1. The summed E-state index contributed by atoms with van der Waals surface area (Å²) in [6.07, 6.45) is 0.510. The maximum Gasteiger partial charge on any atom is 0.352 e. The van der Waals surface area contributed by atoms with Gasteiger partial charge in [-0.15, -0.1) is 0 Å². The van der Waals surface area contributed by atoms with Crippen molar-refractivity contribution in [2.24, 2.45) is 0 Å². The van der Waals surface area contributed by atoms with Gasteiger partial charge in [-0.05, 0) is 36.6 Å². The summed E-state index contributed by atoms with van der Waals surface area (Å²) in [5, 5.41) is 27.7. The quantitative estimate of drug-likeness (QED) is 0.458. The van der Waals surface area contributed by atoms with Crippen LogP contribution >= 0.6 is 0 Å². The Morgan fingerprint density at radius 2 is 1.78 bits per heavy atom. The number of aliphatic carboxylic acids is 2. The van der Waals surface area contributed by atoms with E-state index in [1.54, 1.807) is 13.8 Å². The first-order valence-electron chi connectivity index (χ1n) is 5.33. The fourth-order valence-corrected chi connectivity index (χ4v) is 1.71. The van der Waals surface area contributed by atoms with Gasteiger partial charge in [0, 0.05) is 11.3 Å². The predicted molar refractivity (Wildman–Crippen MR) is 64.1 cm³/mol. The molecule has 6 heteroatoms. The van der Waals surface area contributed by atoms with E-state index in [0.29, 0.717) is 23.2 Å². The molecule has 0 aliphatic heterocycles. The molecule has 0 saturated heterocycles. The van der Waals surface area contributed by atoms with E-state index in [1.165, 1.54) is 12.1 Å². The van der Waals surface area contributed by atoms with Gasteiger partial charge in [0.25, 0.3) is 5.60 Å². The Balaban J connectivity index is 3.54. The minimum absolute atomic E-state index is 0.203. The summed E-state index contributed by atoms with van der Waals surface area (Å²) in [5.41, 5.74) is 4.23. The molecule has 1 aromatic rings. The molecule has 0 bridgehead atoms. The van der Waals surface area contributed by atoms with Crippen LogP contribution in [0.2, 0.25) is 0 Å². The van der Waals surface area contributed by atoms with Gasteiger partial charge in [-0.2, -0.15) is 0 Å². The number of aryl methyl sites for hydroxylation is 2. The number of anilines is 1. The molecule has 0 aliphatic rings. The Bertz CT molecular complexity index is 495. The summed E-state index contributed by atoms with van der Waals surface area (Å²) in [6, 6.07) is 2.58. The van der Waals surface area contributed by atoms with E-state index in [9.17, 15) is 14.7 Å². The second-order valence-corrected chi connectivity index (χ2v) is 4.04. The number of carboxylic acid groups (broad SMARTS) is 2. The lowest BCUT2D eigenvalue weighted by Gasteiger charge is -2.21. The molecular weight excluding hydrogens is 238 g/mol. The number of aliphatic hydroxyl groups is 1. The van der Waals surface area contributed by atoms with Crippen molar-refractivity contribution in [3.63, 3.8) is 0 Å². The molecule has 6 nitrogen and oxygen atoms in total. The number of rotatable bonds is 4. The molecule has 0 saturated carbocycles. The van der Waals surface area contributed by atoms with Crippen LogP contribution in [0.4, 0.5) is 5.69 Å². The SMILES string of the molecule is CCc1cc(C(O)(C(=O)O)C(=O)O)cc(C)c1N. The summed E-state index contributed by atoms with van der Waals surface area (Å²) in [5.74, 6) is -3.66. The highest BCUT2D eigenvalue weighted by atomic mass is 16.4. The zero-order chi connectivity index (χ0) is 14.1. The molecule has 1 aromatic carbocycles. The zero-order valence-corrected chi connectivity index (χ0v) is 10.1. The van der Waals surface area contributed by atoms with Gasteiger partial charge >= 0.3 is 11.9 Å². The second kappa shape index (κ2) is 4.66. The van der Waals surface area contributed by atoms with Crippen LogP contribution in [0.5, 0.6) is 0 Å². The van der Waals surface area contributed by atoms with E-state index in [-0.39, 0.29) is 5.56 Å². The number of carboxylic acids is 2. The van der Waals surface area contributed by atoms with E-state index in [4.69, 9.17) is 15.9 Å². The Morgan fingerprint density at radius 1 is 1.28 bits per heavy atom. The van der Waals surface area contributed by atoms with Crippen LogP contribution in [0, 0.1) is 6.92 Å². The predicted octanol–water partition coefficient (Wildman–Crippen LogP) is 0.496. The van der Waals surface area contributed by atoms with Crippen molar-refractivity contribution in [3.05, 3.63) is 28.8 Å². The highest BCUT2D eigenvalue weighted by Gasteiger charge is 2.47. The van der Waals surface area contributed by atoms with Gasteiger partial charge in [0.15, 0.2) is 0 Å². The highest BCUT2D eigenvalue weighted by Crippen LogP contribution is 2.28. The van der Waals surface area contributed by atoms with Gasteiger partial charge in [-0.1, -0.05) is 6.92 Å². The molecule has 5 N–H and O–H groups in total. The van der Waals surface area contributed by atoms with Crippen molar-refractivity contribution in [1.82, 2.24) is 0 Å². The lowest BCUT2D eigenvalue weighted by molar-refractivity contribution is -0.177. The molecule has 0 spiro atoms. The van der Waals surface area contributed by atoms with E-state index < -0.39 is 17.5 Å². The number of nitrogen functional groups attached to an aromatic ring is 1. The van der Waals surface area contributed by atoms with Crippen molar-refractivity contribution in [2.75, 3.05) is 5.73 Å². The first-order valence-corrected chi connectivity index (χ1v) is 5.33. The van der Waals surface area contributed by atoms with Crippen LogP contribution < -0.4 is 5.73 Å².